The van der Waals surface area contributed by atoms with E-state index in [-0.39, 0.29) is 23.5 Å². The minimum absolute atomic E-state index is 0.106. The summed E-state index contributed by atoms with van der Waals surface area (Å²) >= 11 is 0. The van der Waals surface area contributed by atoms with Gasteiger partial charge in [-0.25, -0.2) is 4.39 Å². The van der Waals surface area contributed by atoms with Crippen LogP contribution >= 0.6 is 0 Å². The zero-order chi connectivity index (χ0) is 11.4. The van der Waals surface area contributed by atoms with Crippen molar-refractivity contribution in [2.45, 2.75) is 6.17 Å². The molecule has 0 saturated heterocycles. The van der Waals surface area contributed by atoms with Crippen LogP contribution in [0.25, 0.3) is 0 Å². The van der Waals surface area contributed by atoms with E-state index in [0.717, 1.165) is 6.07 Å². The molecule has 0 aliphatic rings. The van der Waals surface area contributed by atoms with Gasteiger partial charge in [-0.1, -0.05) is 0 Å². The average Bonchev–Trinajstić information content (AvgIpc) is 2.27. The van der Waals surface area contributed by atoms with Crippen molar-refractivity contribution in [3.8, 4) is 5.75 Å². The number of hydrogen-bond donors (Lipinski definition) is 1. The lowest BCUT2D eigenvalue weighted by atomic mass is 10.1. The zero-order valence-electron chi connectivity index (χ0n) is 8.14. The Morgan fingerprint density at radius 2 is 2.33 bits per heavy atom. The lowest BCUT2D eigenvalue weighted by Crippen LogP contribution is -2.09. The fourth-order valence-corrected chi connectivity index (χ4v) is 1.21. The Hall–Kier alpha value is -1.69. The molecule has 15 heavy (non-hydrogen) atoms. The maximum Gasteiger partial charge on any atom is 0.270 e. The van der Waals surface area contributed by atoms with E-state index in [2.05, 4.69) is 0 Å². The summed E-state index contributed by atoms with van der Waals surface area (Å²) in [4.78, 5) is 9.88. The van der Waals surface area contributed by atoms with Crippen LogP contribution in [0.1, 0.15) is 11.7 Å². The number of rotatable bonds is 4. The van der Waals surface area contributed by atoms with Gasteiger partial charge in [-0.05, 0) is 6.07 Å². The van der Waals surface area contributed by atoms with Gasteiger partial charge < -0.3 is 10.5 Å². The Labute approximate surface area is 85.8 Å². The van der Waals surface area contributed by atoms with Crippen molar-refractivity contribution in [1.82, 2.24) is 0 Å². The molecule has 1 rings (SSSR count). The normalized spacial score (nSPS) is 12.2. The summed E-state index contributed by atoms with van der Waals surface area (Å²) in [5, 5.41) is 10.5. The van der Waals surface area contributed by atoms with Crippen LogP contribution in [-0.4, -0.2) is 18.6 Å². The molecule has 1 unspecified atom stereocenters. The molecule has 5 nitrogen and oxygen atoms in total. The van der Waals surface area contributed by atoms with Gasteiger partial charge in [0.05, 0.1) is 12.0 Å². The van der Waals surface area contributed by atoms with Crippen molar-refractivity contribution in [1.29, 1.82) is 0 Å². The van der Waals surface area contributed by atoms with E-state index >= 15 is 0 Å². The molecule has 1 aromatic rings. The molecule has 0 aromatic heterocycles. The molecule has 1 atom stereocenters. The predicted molar refractivity (Wildman–Crippen MR) is 52.6 cm³/mol. The van der Waals surface area contributed by atoms with E-state index in [1.54, 1.807) is 0 Å². The number of alkyl halides is 1. The van der Waals surface area contributed by atoms with Crippen LogP contribution in [0.3, 0.4) is 0 Å². The summed E-state index contributed by atoms with van der Waals surface area (Å²) in [6.07, 6.45) is -1.46. The first-order valence-electron chi connectivity index (χ1n) is 4.26. The summed E-state index contributed by atoms with van der Waals surface area (Å²) < 4.78 is 18.2. The second-order valence-corrected chi connectivity index (χ2v) is 2.89. The molecular weight excluding hydrogens is 203 g/mol. The number of nitrogens with two attached hydrogens (primary N) is 1. The van der Waals surface area contributed by atoms with Crippen LogP contribution in [0.2, 0.25) is 0 Å². The minimum Gasteiger partial charge on any atom is -0.496 e. The molecule has 0 radical (unpaired) electrons. The summed E-state index contributed by atoms with van der Waals surface area (Å²) in [6.45, 7) is -0.239. The summed E-state index contributed by atoms with van der Waals surface area (Å²) in [5.74, 6) is 0.263. The van der Waals surface area contributed by atoms with Gasteiger partial charge in [-0.3, -0.25) is 10.1 Å². The summed E-state index contributed by atoms with van der Waals surface area (Å²) in [5.41, 5.74) is 5.08. The number of hydrogen-bond acceptors (Lipinski definition) is 4. The van der Waals surface area contributed by atoms with Gasteiger partial charge in [0.1, 0.15) is 11.9 Å². The zero-order valence-corrected chi connectivity index (χ0v) is 8.14. The first kappa shape index (κ1) is 11.4. The number of halogens is 1. The van der Waals surface area contributed by atoms with Crippen molar-refractivity contribution in [3.05, 3.63) is 33.9 Å². The molecule has 0 saturated carbocycles. The highest BCUT2D eigenvalue weighted by atomic mass is 19.1. The van der Waals surface area contributed by atoms with Crippen molar-refractivity contribution in [2.75, 3.05) is 13.7 Å². The largest absolute Gasteiger partial charge is 0.496 e. The molecule has 0 amide bonds. The lowest BCUT2D eigenvalue weighted by Gasteiger charge is -2.10. The number of ether oxygens (including phenoxy) is 1. The van der Waals surface area contributed by atoms with Crippen molar-refractivity contribution < 1.29 is 14.1 Å². The number of nitrogens with zero attached hydrogens (tertiary/aromatic N) is 1. The van der Waals surface area contributed by atoms with E-state index in [4.69, 9.17) is 10.5 Å². The molecule has 0 spiro atoms. The molecule has 0 fully saturated rings. The highest BCUT2D eigenvalue weighted by molar-refractivity contribution is 5.45. The van der Waals surface area contributed by atoms with Crippen LogP contribution < -0.4 is 10.5 Å². The highest BCUT2D eigenvalue weighted by Crippen LogP contribution is 2.30. The SMILES string of the molecule is COc1ccc([N+](=O)[O-])cc1C(F)CN. The molecule has 0 aliphatic heterocycles. The second kappa shape index (κ2) is 4.70. The van der Waals surface area contributed by atoms with Crippen LogP contribution in [0, 0.1) is 10.1 Å². The molecule has 2 N–H and O–H groups in total. The van der Waals surface area contributed by atoms with Gasteiger partial charge in [0.25, 0.3) is 5.69 Å². The molecule has 1 aromatic carbocycles. The van der Waals surface area contributed by atoms with E-state index in [1.165, 1.54) is 19.2 Å². The monoisotopic (exact) mass is 214 g/mol. The molecule has 6 heteroatoms. The number of methoxy groups -OCH3 is 1. The molecule has 0 aliphatic carbocycles. The quantitative estimate of drug-likeness (QED) is 0.609. The van der Waals surface area contributed by atoms with Gasteiger partial charge in [0.2, 0.25) is 0 Å². The number of non-ortho nitro benzene ring substituents is 1. The van der Waals surface area contributed by atoms with Gasteiger partial charge in [0.15, 0.2) is 0 Å². The third kappa shape index (κ3) is 2.41. The fourth-order valence-electron chi connectivity index (χ4n) is 1.21. The van der Waals surface area contributed by atoms with Crippen molar-refractivity contribution >= 4 is 5.69 Å². The van der Waals surface area contributed by atoms with E-state index in [9.17, 15) is 14.5 Å². The topological polar surface area (TPSA) is 78.4 Å². The van der Waals surface area contributed by atoms with Gasteiger partial charge >= 0.3 is 0 Å². The van der Waals surface area contributed by atoms with Gasteiger partial charge in [0, 0.05) is 24.2 Å². The summed E-state index contributed by atoms with van der Waals surface area (Å²) in [7, 11) is 1.37. The Morgan fingerprint density at radius 1 is 1.67 bits per heavy atom. The number of nitro benzene ring substituents is 1. The third-order valence-electron chi connectivity index (χ3n) is 1.97. The number of nitro groups is 1. The van der Waals surface area contributed by atoms with Crippen LogP contribution in [-0.2, 0) is 0 Å². The Bertz CT molecular complexity index is 370. The van der Waals surface area contributed by atoms with Crippen LogP contribution in [0.4, 0.5) is 10.1 Å². The smallest absolute Gasteiger partial charge is 0.270 e. The Balaban J connectivity index is 3.18. The van der Waals surface area contributed by atoms with E-state index < -0.39 is 11.1 Å². The second-order valence-electron chi connectivity index (χ2n) is 2.89. The molecule has 82 valence electrons. The van der Waals surface area contributed by atoms with Crippen LogP contribution in [0.5, 0.6) is 5.75 Å². The molecule has 0 heterocycles. The maximum absolute atomic E-state index is 13.3. The first-order valence-corrected chi connectivity index (χ1v) is 4.26. The van der Waals surface area contributed by atoms with Crippen LogP contribution in [0.15, 0.2) is 18.2 Å². The molecular formula is C9H11FN2O3. The van der Waals surface area contributed by atoms with E-state index in [1.807, 2.05) is 0 Å². The standard InChI is InChI=1S/C9H11FN2O3/c1-15-9-3-2-6(12(13)14)4-7(9)8(10)5-11/h2-4,8H,5,11H2,1H3. The fraction of sp³-hybridized carbons (Fsp3) is 0.333. The van der Waals surface area contributed by atoms with Gasteiger partial charge in [-0.15, -0.1) is 0 Å². The third-order valence-corrected chi connectivity index (χ3v) is 1.97. The predicted octanol–water partition coefficient (Wildman–Crippen LogP) is 1.57. The average molecular weight is 214 g/mol. The molecule has 0 bridgehead atoms. The van der Waals surface area contributed by atoms with E-state index in [0.29, 0.717) is 0 Å². The summed E-state index contributed by atoms with van der Waals surface area (Å²) in [6, 6.07) is 3.75. The minimum atomic E-state index is -1.46. The highest BCUT2D eigenvalue weighted by Gasteiger charge is 2.17. The maximum atomic E-state index is 13.3. The number of benzene rings is 1. The Kier molecular flexibility index (Phi) is 3.56. The van der Waals surface area contributed by atoms with Gasteiger partial charge in [-0.2, -0.15) is 0 Å². The first-order chi connectivity index (χ1) is 7.10. The van der Waals surface area contributed by atoms with Crippen molar-refractivity contribution in [3.63, 3.8) is 0 Å². The Morgan fingerprint density at radius 3 is 2.80 bits per heavy atom. The van der Waals surface area contributed by atoms with Crippen molar-refractivity contribution in [2.24, 2.45) is 5.73 Å². The lowest BCUT2D eigenvalue weighted by molar-refractivity contribution is -0.385.